The zero-order valence-corrected chi connectivity index (χ0v) is 16.3. The number of carbonyl (C=O) groups is 1. The summed E-state index contributed by atoms with van der Waals surface area (Å²) in [4.78, 5) is 14.3. The van der Waals surface area contributed by atoms with Crippen molar-refractivity contribution in [2.75, 3.05) is 4.90 Å². The summed E-state index contributed by atoms with van der Waals surface area (Å²) in [6.45, 7) is 2.11. The van der Waals surface area contributed by atoms with Crippen LogP contribution in [0.4, 0.5) is 10.1 Å². The number of nitrogens with zero attached hydrogens (tertiary/aromatic N) is 1. The van der Waals surface area contributed by atoms with Gasteiger partial charge in [-0.25, -0.2) is 4.39 Å². The molecule has 1 saturated heterocycles. The number of halogens is 1. The monoisotopic (exact) mass is 408 g/mol. The van der Waals surface area contributed by atoms with Gasteiger partial charge in [0.25, 0.3) is 5.91 Å². The summed E-state index contributed by atoms with van der Waals surface area (Å²) in [5.41, 5.74) is 2.02. The first-order valence-electron chi connectivity index (χ1n) is 8.91. The van der Waals surface area contributed by atoms with Crippen molar-refractivity contribution in [3.8, 4) is 5.75 Å². The third-order valence-electron chi connectivity index (χ3n) is 4.40. The van der Waals surface area contributed by atoms with Crippen LogP contribution in [0.1, 0.15) is 17.1 Å². The Morgan fingerprint density at radius 3 is 2.66 bits per heavy atom. The Balaban J connectivity index is 1.47. The molecule has 1 aromatic heterocycles. The van der Waals surface area contributed by atoms with Gasteiger partial charge in [0, 0.05) is 6.08 Å². The first-order chi connectivity index (χ1) is 14.0. The largest absolute Gasteiger partial charge is 0.486 e. The number of ether oxygens (including phenoxy) is 1. The number of rotatable bonds is 5. The molecule has 0 atom stereocenters. The lowest BCUT2D eigenvalue weighted by atomic mass is 10.2. The number of hydrogen-bond donors (Lipinski definition) is 1. The lowest BCUT2D eigenvalue weighted by molar-refractivity contribution is -0.113. The molecule has 146 valence electrons. The Hall–Kier alpha value is -3.45. The fourth-order valence-corrected chi connectivity index (χ4v) is 3.24. The second kappa shape index (κ2) is 7.89. The van der Waals surface area contributed by atoms with Crippen LogP contribution < -0.4 is 15.0 Å². The number of para-hydroxylation sites is 1. The molecule has 2 aromatic carbocycles. The van der Waals surface area contributed by atoms with Crippen LogP contribution in [0.2, 0.25) is 0 Å². The number of nitrogens with one attached hydrogen (secondary N) is 1. The van der Waals surface area contributed by atoms with Crippen LogP contribution in [0.5, 0.6) is 5.75 Å². The Labute approximate surface area is 172 Å². The molecule has 2 heterocycles. The van der Waals surface area contributed by atoms with E-state index in [0.29, 0.717) is 28.1 Å². The van der Waals surface area contributed by atoms with Crippen LogP contribution >= 0.6 is 12.2 Å². The molecular weight excluding hydrogens is 391 g/mol. The van der Waals surface area contributed by atoms with Crippen molar-refractivity contribution in [3.63, 3.8) is 0 Å². The van der Waals surface area contributed by atoms with Crippen molar-refractivity contribution in [1.29, 1.82) is 0 Å². The van der Waals surface area contributed by atoms with Gasteiger partial charge < -0.3 is 14.5 Å². The fraction of sp³-hybridized carbons (Fsp3) is 0.0909. The van der Waals surface area contributed by atoms with E-state index in [0.717, 1.165) is 11.3 Å². The topological polar surface area (TPSA) is 54.7 Å². The molecular formula is C22H17FN2O3S. The average Bonchev–Trinajstić information content (AvgIpc) is 3.26. The highest BCUT2D eigenvalue weighted by Crippen LogP contribution is 2.26. The maximum Gasteiger partial charge on any atom is 0.281 e. The highest BCUT2D eigenvalue weighted by molar-refractivity contribution is 7.80. The van der Waals surface area contributed by atoms with Gasteiger partial charge >= 0.3 is 0 Å². The Morgan fingerprint density at radius 1 is 1.14 bits per heavy atom. The molecule has 1 aliphatic heterocycles. The van der Waals surface area contributed by atoms with Crippen LogP contribution in [0, 0.1) is 12.7 Å². The van der Waals surface area contributed by atoms with Gasteiger partial charge in [-0.1, -0.05) is 18.2 Å². The third-order valence-corrected chi connectivity index (χ3v) is 4.68. The SMILES string of the molecule is Cc1ccccc1N1C(=O)/C(=C\c2ccc(COc3ccc(F)cc3)o2)NC1=S. The molecule has 4 rings (SSSR count). The zero-order chi connectivity index (χ0) is 20.4. The molecule has 5 nitrogen and oxygen atoms in total. The minimum absolute atomic E-state index is 0.184. The molecule has 1 fully saturated rings. The van der Waals surface area contributed by atoms with E-state index in [9.17, 15) is 9.18 Å². The molecule has 1 N–H and O–H groups in total. The lowest BCUT2D eigenvalue weighted by Crippen LogP contribution is -2.30. The molecule has 0 bridgehead atoms. The maximum atomic E-state index is 12.9. The van der Waals surface area contributed by atoms with E-state index in [1.54, 1.807) is 30.3 Å². The van der Waals surface area contributed by atoms with Crippen LogP contribution in [-0.2, 0) is 11.4 Å². The minimum atomic E-state index is -0.323. The van der Waals surface area contributed by atoms with E-state index in [-0.39, 0.29) is 18.3 Å². The van der Waals surface area contributed by atoms with Gasteiger partial charge in [-0.05, 0) is 67.2 Å². The number of benzene rings is 2. The van der Waals surface area contributed by atoms with Crippen LogP contribution in [-0.4, -0.2) is 11.0 Å². The highest BCUT2D eigenvalue weighted by Gasteiger charge is 2.32. The minimum Gasteiger partial charge on any atom is -0.486 e. The van der Waals surface area contributed by atoms with E-state index in [1.807, 2.05) is 31.2 Å². The molecule has 7 heteroatoms. The number of aryl methyl sites for hydroxylation is 1. The zero-order valence-electron chi connectivity index (χ0n) is 15.5. The number of thiocarbonyl (C=S) groups is 1. The van der Waals surface area contributed by atoms with Gasteiger partial charge in [0.1, 0.15) is 35.4 Å². The Kier molecular flexibility index (Phi) is 5.14. The number of hydrogen-bond acceptors (Lipinski definition) is 4. The van der Waals surface area contributed by atoms with E-state index < -0.39 is 0 Å². The van der Waals surface area contributed by atoms with Crippen molar-refractivity contribution >= 4 is 35.0 Å². The van der Waals surface area contributed by atoms with Crippen LogP contribution in [0.15, 0.2) is 70.8 Å². The van der Waals surface area contributed by atoms with Gasteiger partial charge in [-0.3, -0.25) is 9.69 Å². The molecule has 0 aliphatic carbocycles. The Morgan fingerprint density at radius 2 is 1.90 bits per heavy atom. The Bertz CT molecular complexity index is 1110. The second-order valence-electron chi connectivity index (χ2n) is 6.46. The molecule has 0 spiro atoms. The molecule has 0 unspecified atom stereocenters. The van der Waals surface area contributed by atoms with Crippen molar-refractivity contribution in [1.82, 2.24) is 5.32 Å². The van der Waals surface area contributed by atoms with E-state index >= 15 is 0 Å². The molecule has 0 radical (unpaired) electrons. The number of carbonyl (C=O) groups excluding carboxylic acids is 1. The summed E-state index contributed by atoms with van der Waals surface area (Å²) < 4.78 is 24.2. The normalized spacial score (nSPS) is 15.1. The van der Waals surface area contributed by atoms with E-state index in [1.165, 1.54) is 17.0 Å². The van der Waals surface area contributed by atoms with Crippen molar-refractivity contribution < 1.29 is 18.3 Å². The van der Waals surface area contributed by atoms with Crippen molar-refractivity contribution in [2.24, 2.45) is 0 Å². The smallest absolute Gasteiger partial charge is 0.281 e. The molecule has 1 amide bonds. The molecule has 29 heavy (non-hydrogen) atoms. The number of amides is 1. The van der Waals surface area contributed by atoms with Gasteiger partial charge in [0.05, 0.1) is 5.69 Å². The first-order valence-corrected chi connectivity index (χ1v) is 9.32. The standard InChI is InChI=1S/C22H17FN2O3S/c1-14-4-2-3-5-20(14)25-21(26)19(24-22(25)29)12-17-10-11-18(28-17)13-27-16-8-6-15(23)7-9-16/h2-12H,13H2,1H3,(H,24,29)/b19-12+. The van der Waals surface area contributed by atoms with E-state index in [4.69, 9.17) is 21.4 Å². The van der Waals surface area contributed by atoms with Crippen LogP contribution in [0.3, 0.4) is 0 Å². The predicted octanol–water partition coefficient (Wildman–Crippen LogP) is 4.57. The predicted molar refractivity (Wildman–Crippen MR) is 112 cm³/mol. The van der Waals surface area contributed by atoms with Gasteiger partial charge in [-0.15, -0.1) is 0 Å². The summed E-state index contributed by atoms with van der Waals surface area (Å²) in [6, 6.07) is 16.8. The summed E-state index contributed by atoms with van der Waals surface area (Å²) in [5.74, 6) is 1.04. The number of furan rings is 1. The summed E-state index contributed by atoms with van der Waals surface area (Å²) in [7, 11) is 0. The van der Waals surface area contributed by atoms with Gasteiger partial charge in [0.15, 0.2) is 5.11 Å². The molecule has 1 aliphatic rings. The van der Waals surface area contributed by atoms with Crippen molar-refractivity contribution in [3.05, 3.63) is 89.3 Å². The molecule has 3 aromatic rings. The maximum absolute atomic E-state index is 12.9. The van der Waals surface area contributed by atoms with Gasteiger partial charge in [0.2, 0.25) is 0 Å². The van der Waals surface area contributed by atoms with Crippen molar-refractivity contribution in [2.45, 2.75) is 13.5 Å². The summed E-state index contributed by atoms with van der Waals surface area (Å²) in [6.07, 6.45) is 1.61. The lowest BCUT2D eigenvalue weighted by Gasteiger charge is -2.16. The highest BCUT2D eigenvalue weighted by atomic mass is 32.1. The quantitative estimate of drug-likeness (QED) is 0.495. The average molecular weight is 408 g/mol. The number of anilines is 1. The van der Waals surface area contributed by atoms with Crippen LogP contribution in [0.25, 0.3) is 6.08 Å². The van der Waals surface area contributed by atoms with E-state index in [2.05, 4.69) is 5.32 Å². The summed E-state index contributed by atoms with van der Waals surface area (Å²) >= 11 is 5.34. The molecule has 0 saturated carbocycles. The second-order valence-corrected chi connectivity index (χ2v) is 6.85. The first kappa shape index (κ1) is 18.9. The van der Waals surface area contributed by atoms with Gasteiger partial charge in [-0.2, -0.15) is 0 Å². The fourth-order valence-electron chi connectivity index (χ4n) is 2.95. The summed E-state index contributed by atoms with van der Waals surface area (Å²) in [5, 5.41) is 3.26. The third kappa shape index (κ3) is 4.05.